The average Bonchev–Trinajstić information content (AvgIpc) is 2.71. The van der Waals surface area contributed by atoms with Crippen LogP contribution in [0.1, 0.15) is 37.3 Å². The largest absolute Gasteiger partial charge is 0.432 e. The van der Waals surface area contributed by atoms with E-state index in [9.17, 15) is 30.7 Å². The van der Waals surface area contributed by atoms with Crippen molar-refractivity contribution in [1.82, 2.24) is 0 Å². The number of hydrogen-bond acceptors (Lipinski definition) is 1. The van der Waals surface area contributed by atoms with Crippen molar-refractivity contribution in [3.63, 3.8) is 0 Å². The Morgan fingerprint density at radius 2 is 1.28 bits per heavy atom. The van der Waals surface area contributed by atoms with E-state index in [4.69, 9.17) is 0 Å². The van der Waals surface area contributed by atoms with E-state index in [0.717, 1.165) is 31.2 Å². The summed E-state index contributed by atoms with van der Waals surface area (Å²) in [4.78, 5) is 0. The third-order valence-electron chi connectivity index (χ3n) is 4.89. The van der Waals surface area contributed by atoms with E-state index in [2.05, 4.69) is 11.7 Å². The molecular weight excluding hydrogens is 437 g/mol. The summed E-state index contributed by atoms with van der Waals surface area (Å²) in [6.07, 6.45) is -0.614. The molecule has 0 unspecified atom stereocenters. The van der Waals surface area contributed by atoms with Crippen molar-refractivity contribution in [3.05, 3.63) is 88.7 Å². The normalized spacial score (nSPS) is 11.6. The number of hydrogen-bond donors (Lipinski definition) is 0. The van der Waals surface area contributed by atoms with Crippen LogP contribution >= 0.6 is 0 Å². The second kappa shape index (κ2) is 9.63. The number of ether oxygens (including phenoxy) is 1. The Morgan fingerprint density at radius 1 is 0.719 bits per heavy atom. The second-order valence-electron chi connectivity index (χ2n) is 7.29. The summed E-state index contributed by atoms with van der Waals surface area (Å²) in [6, 6.07) is 8.59. The highest BCUT2D eigenvalue weighted by molar-refractivity contribution is 5.64. The van der Waals surface area contributed by atoms with E-state index in [-0.39, 0.29) is 17.7 Å². The topological polar surface area (TPSA) is 9.23 Å². The quantitative estimate of drug-likeness (QED) is 0.190. The minimum Gasteiger partial charge on any atom is -0.429 e. The van der Waals surface area contributed by atoms with Gasteiger partial charge >= 0.3 is 6.11 Å². The van der Waals surface area contributed by atoms with Gasteiger partial charge in [-0.3, -0.25) is 0 Å². The van der Waals surface area contributed by atoms with E-state index in [1.807, 2.05) is 0 Å². The zero-order valence-electron chi connectivity index (χ0n) is 17.0. The van der Waals surface area contributed by atoms with Gasteiger partial charge in [-0.1, -0.05) is 44.0 Å². The number of benzene rings is 3. The Balaban J connectivity index is 1.86. The molecule has 0 atom stereocenters. The highest BCUT2D eigenvalue weighted by Crippen LogP contribution is 2.37. The van der Waals surface area contributed by atoms with Gasteiger partial charge in [-0.05, 0) is 41.7 Å². The molecule has 0 aliphatic heterocycles. The van der Waals surface area contributed by atoms with Crippen LogP contribution in [0.4, 0.5) is 30.7 Å². The van der Waals surface area contributed by atoms with Gasteiger partial charge in [0.05, 0.1) is 0 Å². The predicted molar refractivity (Wildman–Crippen MR) is 106 cm³/mol. The molecule has 0 saturated heterocycles. The van der Waals surface area contributed by atoms with Crippen LogP contribution in [0.3, 0.4) is 0 Å². The van der Waals surface area contributed by atoms with Crippen molar-refractivity contribution in [2.24, 2.45) is 0 Å². The Labute approximate surface area is 180 Å². The Morgan fingerprint density at radius 3 is 1.81 bits per heavy atom. The molecule has 0 bridgehead atoms. The van der Waals surface area contributed by atoms with Gasteiger partial charge in [-0.15, -0.1) is 0 Å². The molecule has 8 heteroatoms. The zero-order valence-corrected chi connectivity index (χ0v) is 17.0. The summed E-state index contributed by atoms with van der Waals surface area (Å²) in [5.74, 6) is -9.82. The highest BCUT2D eigenvalue weighted by Gasteiger charge is 2.41. The Bertz CT molecular complexity index is 1050. The van der Waals surface area contributed by atoms with Crippen molar-refractivity contribution in [1.29, 1.82) is 0 Å². The van der Waals surface area contributed by atoms with Gasteiger partial charge in [-0.2, -0.15) is 8.78 Å². The lowest BCUT2D eigenvalue weighted by molar-refractivity contribution is -0.189. The van der Waals surface area contributed by atoms with E-state index in [1.165, 1.54) is 0 Å². The van der Waals surface area contributed by atoms with Crippen LogP contribution in [0.25, 0.3) is 11.1 Å². The number of halogens is 7. The monoisotopic (exact) mass is 456 g/mol. The van der Waals surface area contributed by atoms with Gasteiger partial charge in [0, 0.05) is 12.1 Å². The average molecular weight is 456 g/mol. The van der Waals surface area contributed by atoms with E-state index < -0.39 is 46.5 Å². The van der Waals surface area contributed by atoms with Crippen LogP contribution in [0.15, 0.2) is 48.5 Å². The molecule has 0 spiro atoms. The van der Waals surface area contributed by atoms with Crippen molar-refractivity contribution in [2.75, 3.05) is 0 Å². The maximum absolute atomic E-state index is 14.5. The van der Waals surface area contributed by atoms with Crippen molar-refractivity contribution in [2.45, 2.75) is 38.7 Å². The first-order valence-corrected chi connectivity index (χ1v) is 9.92. The Hall–Kier alpha value is -3.03. The fourth-order valence-electron chi connectivity index (χ4n) is 3.25. The first kappa shape index (κ1) is 23.6. The van der Waals surface area contributed by atoms with Gasteiger partial charge in [0.15, 0.2) is 17.5 Å². The Kier molecular flexibility index (Phi) is 7.11. The lowest BCUT2D eigenvalue weighted by Crippen LogP contribution is -2.25. The van der Waals surface area contributed by atoms with E-state index >= 15 is 0 Å². The third-order valence-corrected chi connectivity index (χ3v) is 4.89. The molecule has 3 aromatic rings. The maximum Gasteiger partial charge on any atom is 0.432 e. The van der Waals surface area contributed by atoms with Crippen LogP contribution in [0.5, 0.6) is 5.75 Å². The van der Waals surface area contributed by atoms with Crippen LogP contribution in [0.2, 0.25) is 0 Å². The number of alkyl halides is 2. The minimum atomic E-state index is -4.62. The summed E-state index contributed by atoms with van der Waals surface area (Å²) in [5.41, 5.74) is -0.250. The van der Waals surface area contributed by atoms with Gasteiger partial charge in [0.1, 0.15) is 22.9 Å². The predicted octanol–water partition coefficient (Wildman–Crippen LogP) is 7.91. The van der Waals surface area contributed by atoms with E-state index in [1.54, 1.807) is 24.3 Å². The third kappa shape index (κ3) is 5.23. The molecule has 0 aromatic heterocycles. The molecule has 32 heavy (non-hydrogen) atoms. The van der Waals surface area contributed by atoms with Gasteiger partial charge in [0.2, 0.25) is 0 Å². The molecular formula is C24H19F7O. The van der Waals surface area contributed by atoms with Crippen molar-refractivity contribution < 1.29 is 35.5 Å². The molecule has 0 fully saturated rings. The smallest absolute Gasteiger partial charge is 0.429 e. The van der Waals surface area contributed by atoms with Crippen LogP contribution < -0.4 is 4.74 Å². The summed E-state index contributed by atoms with van der Waals surface area (Å²) in [6.45, 7) is 2.08. The first-order valence-electron chi connectivity index (χ1n) is 9.92. The molecule has 0 aliphatic carbocycles. The molecule has 0 radical (unpaired) electrons. The molecule has 0 aliphatic rings. The lowest BCUT2D eigenvalue weighted by Gasteiger charge is -2.20. The number of aryl methyl sites for hydroxylation is 1. The first-order chi connectivity index (χ1) is 15.1. The van der Waals surface area contributed by atoms with Gasteiger partial charge in [-0.25, -0.2) is 22.0 Å². The molecule has 0 N–H and O–H groups in total. The molecule has 0 heterocycles. The van der Waals surface area contributed by atoms with E-state index in [0.29, 0.717) is 17.7 Å². The molecule has 0 amide bonds. The minimum absolute atomic E-state index is 0.0264. The molecule has 0 saturated carbocycles. The zero-order chi connectivity index (χ0) is 23.5. The van der Waals surface area contributed by atoms with Gasteiger partial charge in [0.25, 0.3) is 0 Å². The van der Waals surface area contributed by atoms with Crippen LogP contribution in [-0.2, 0) is 12.5 Å². The van der Waals surface area contributed by atoms with Gasteiger partial charge < -0.3 is 4.74 Å². The molecule has 1 nitrogen and oxygen atoms in total. The van der Waals surface area contributed by atoms with Crippen molar-refractivity contribution >= 4 is 0 Å². The van der Waals surface area contributed by atoms with Crippen LogP contribution in [0, 0.1) is 29.1 Å². The standard InChI is InChI=1S/C24H19F7O/c1-2-3-4-5-14-6-8-15(9-7-14)16-10-18(25)22(19(26)11-16)24(30,31)32-17-12-20(27)23(29)21(28)13-17/h6-13H,2-5H2,1H3. The maximum atomic E-state index is 14.5. The number of unbranched alkanes of at least 4 members (excludes halogenated alkanes) is 2. The van der Waals surface area contributed by atoms with Crippen molar-refractivity contribution in [3.8, 4) is 16.9 Å². The van der Waals surface area contributed by atoms with Crippen LogP contribution in [-0.4, -0.2) is 0 Å². The number of rotatable bonds is 8. The lowest BCUT2D eigenvalue weighted by atomic mass is 9.99. The fourth-order valence-corrected chi connectivity index (χ4v) is 3.25. The highest BCUT2D eigenvalue weighted by atomic mass is 19.3. The summed E-state index contributed by atoms with van der Waals surface area (Å²) in [7, 11) is 0. The summed E-state index contributed by atoms with van der Waals surface area (Å²) >= 11 is 0. The molecule has 170 valence electrons. The SMILES string of the molecule is CCCCCc1ccc(-c2cc(F)c(C(F)(F)Oc3cc(F)c(F)c(F)c3)c(F)c2)cc1. The second-order valence-corrected chi connectivity index (χ2v) is 7.29. The molecule has 3 aromatic carbocycles. The fraction of sp³-hybridized carbons (Fsp3) is 0.250. The summed E-state index contributed by atoms with van der Waals surface area (Å²) in [5, 5.41) is 0. The summed E-state index contributed by atoms with van der Waals surface area (Å²) < 4.78 is 101. The molecule has 3 rings (SSSR count).